The Kier molecular flexibility index (Phi) is 2.68. The zero-order valence-corrected chi connectivity index (χ0v) is 7.29. The lowest BCUT2D eigenvalue weighted by molar-refractivity contribution is -0.146. The minimum atomic E-state index is -0.433. The van der Waals surface area contributed by atoms with Gasteiger partial charge in [-0.2, -0.15) is 0 Å². The number of ether oxygens (including phenoxy) is 1. The van der Waals surface area contributed by atoms with E-state index >= 15 is 0 Å². The van der Waals surface area contributed by atoms with E-state index in [0.29, 0.717) is 13.0 Å². The molecule has 4 heteroatoms. The van der Waals surface area contributed by atoms with Gasteiger partial charge in [-0.3, -0.25) is 4.79 Å². The Morgan fingerprint density at radius 2 is 2.42 bits per heavy atom. The van der Waals surface area contributed by atoms with Crippen LogP contribution in [-0.2, 0) is 14.3 Å². The minimum absolute atomic E-state index is 0.0524. The van der Waals surface area contributed by atoms with Crippen LogP contribution in [0.3, 0.4) is 0 Å². The Morgan fingerprint density at radius 1 is 1.75 bits per heavy atom. The number of rotatable bonds is 2. The molecule has 0 spiro atoms. The molecule has 68 valence electrons. The molecule has 0 aromatic rings. The Bertz CT molecular complexity index is 202. The molecular formula is C8H13NO3. The predicted molar refractivity (Wildman–Crippen MR) is 42.3 cm³/mol. The fourth-order valence-corrected chi connectivity index (χ4v) is 1.31. The van der Waals surface area contributed by atoms with Crippen molar-refractivity contribution in [2.24, 2.45) is 5.92 Å². The lowest BCUT2D eigenvalue weighted by atomic mass is 10.0. The van der Waals surface area contributed by atoms with Crippen LogP contribution in [0, 0.1) is 5.92 Å². The predicted octanol–water partition coefficient (Wildman–Crippen LogP) is 0.0741. The number of carbonyl (C=O) groups is 2. The van der Waals surface area contributed by atoms with Gasteiger partial charge in [0.1, 0.15) is 6.04 Å². The van der Waals surface area contributed by atoms with Crippen molar-refractivity contribution in [3.8, 4) is 0 Å². The molecule has 0 saturated carbocycles. The zero-order chi connectivity index (χ0) is 9.14. The second-order valence-electron chi connectivity index (χ2n) is 2.98. The van der Waals surface area contributed by atoms with Crippen LogP contribution in [0.1, 0.15) is 20.3 Å². The van der Waals surface area contributed by atoms with Crippen molar-refractivity contribution in [1.82, 2.24) is 5.32 Å². The van der Waals surface area contributed by atoms with Crippen LogP contribution >= 0.6 is 0 Å². The molecule has 1 N–H and O–H groups in total. The Hall–Kier alpha value is -1.06. The summed E-state index contributed by atoms with van der Waals surface area (Å²) in [6, 6.07) is -0.433. The molecule has 1 fully saturated rings. The summed E-state index contributed by atoms with van der Waals surface area (Å²) in [6.45, 7) is 3.97. The van der Waals surface area contributed by atoms with Crippen molar-refractivity contribution < 1.29 is 14.3 Å². The van der Waals surface area contributed by atoms with Crippen LogP contribution in [0.15, 0.2) is 0 Å². The van der Waals surface area contributed by atoms with Gasteiger partial charge in [-0.1, -0.05) is 6.92 Å². The summed E-state index contributed by atoms with van der Waals surface area (Å²) in [7, 11) is 0. The second-order valence-corrected chi connectivity index (χ2v) is 2.98. The van der Waals surface area contributed by atoms with Crippen LogP contribution in [0.5, 0.6) is 0 Å². The molecule has 0 aromatic heterocycles. The maximum atomic E-state index is 11.2. The van der Waals surface area contributed by atoms with E-state index in [-0.39, 0.29) is 17.8 Å². The topological polar surface area (TPSA) is 55.4 Å². The molecular weight excluding hydrogens is 158 g/mol. The number of esters is 1. The summed E-state index contributed by atoms with van der Waals surface area (Å²) in [6.07, 6.45) is 0.420. The summed E-state index contributed by atoms with van der Waals surface area (Å²) < 4.78 is 4.79. The van der Waals surface area contributed by atoms with Crippen molar-refractivity contribution in [3.05, 3.63) is 0 Å². The van der Waals surface area contributed by atoms with E-state index in [9.17, 15) is 9.59 Å². The van der Waals surface area contributed by atoms with E-state index < -0.39 is 6.04 Å². The molecule has 1 rings (SSSR count). The van der Waals surface area contributed by atoms with Crippen molar-refractivity contribution in [2.45, 2.75) is 26.3 Å². The number of carbonyl (C=O) groups excluding carboxylic acids is 2. The third kappa shape index (κ3) is 1.75. The summed E-state index contributed by atoms with van der Waals surface area (Å²) >= 11 is 0. The van der Waals surface area contributed by atoms with Crippen molar-refractivity contribution in [1.29, 1.82) is 0 Å². The highest BCUT2D eigenvalue weighted by atomic mass is 16.5. The normalized spacial score (nSPS) is 28.3. The minimum Gasteiger partial charge on any atom is -0.464 e. The number of amides is 1. The lowest BCUT2D eigenvalue weighted by Crippen LogP contribution is -2.37. The molecule has 1 saturated heterocycles. The third-order valence-electron chi connectivity index (χ3n) is 1.93. The van der Waals surface area contributed by atoms with Gasteiger partial charge in [-0.05, 0) is 12.8 Å². The van der Waals surface area contributed by atoms with E-state index in [2.05, 4.69) is 5.32 Å². The monoisotopic (exact) mass is 171 g/mol. The molecule has 2 atom stereocenters. The van der Waals surface area contributed by atoms with Crippen LogP contribution in [-0.4, -0.2) is 24.5 Å². The summed E-state index contributed by atoms with van der Waals surface area (Å²) in [5.41, 5.74) is 0. The second kappa shape index (κ2) is 3.56. The van der Waals surface area contributed by atoms with Crippen LogP contribution < -0.4 is 5.32 Å². The molecule has 0 unspecified atom stereocenters. The standard InChI is InChI=1S/C8H13NO3/c1-3-12-8(11)7-5(2)4-6(10)9-7/h5,7H,3-4H2,1-2H3,(H,9,10)/t5-,7+/m1/s1. The molecule has 0 radical (unpaired) electrons. The van der Waals surface area contributed by atoms with Gasteiger partial charge < -0.3 is 10.1 Å². The smallest absolute Gasteiger partial charge is 0.328 e. The first-order chi connectivity index (χ1) is 5.65. The van der Waals surface area contributed by atoms with E-state index in [4.69, 9.17) is 4.74 Å². The molecule has 0 aromatic carbocycles. The molecule has 0 bridgehead atoms. The highest BCUT2D eigenvalue weighted by molar-refractivity contribution is 5.88. The highest BCUT2D eigenvalue weighted by Crippen LogP contribution is 2.16. The molecule has 1 aliphatic heterocycles. The average Bonchev–Trinajstić information content (AvgIpc) is 2.30. The quantitative estimate of drug-likeness (QED) is 0.598. The van der Waals surface area contributed by atoms with Gasteiger partial charge >= 0.3 is 5.97 Å². The molecule has 0 aliphatic carbocycles. The van der Waals surface area contributed by atoms with Crippen LogP contribution in [0.4, 0.5) is 0 Å². The van der Waals surface area contributed by atoms with Crippen molar-refractivity contribution in [2.75, 3.05) is 6.61 Å². The fraction of sp³-hybridized carbons (Fsp3) is 0.750. The summed E-state index contributed by atoms with van der Waals surface area (Å²) in [4.78, 5) is 22.0. The van der Waals surface area contributed by atoms with Gasteiger partial charge in [-0.25, -0.2) is 4.79 Å². The van der Waals surface area contributed by atoms with Gasteiger partial charge in [0.25, 0.3) is 0 Å². The first-order valence-electron chi connectivity index (χ1n) is 4.11. The first-order valence-corrected chi connectivity index (χ1v) is 4.11. The van der Waals surface area contributed by atoms with E-state index in [1.807, 2.05) is 6.92 Å². The van der Waals surface area contributed by atoms with Crippen molar-refractivity contribution in [3.63, 3.8) is 0 Å². The van der Waals surface area contributed by atoms with Gasteiger partial charge in [0.05, 0.1) is 6.61 Å². The molecule has 12 heavy (non-hydrogen) atoms. The maximum absolute atomic E-state index is 11.2. The SMILES string of the molecule is CCOC(=O)[C@H]1NC(=O)C[C@H]1C. The highest BCUT2D eigenvalue weighted by Gasteiger charge is 2.35. The van der Waals surface area contributed by atoms with Gasteiger partial charge in [0.15, 0.2) is 0 Å². The average molecular weight is 171 g/mol. The summed E-state index contributed by atoms with van der Waals surface area (Å²) in [5.74, 6) is -0.340. The Morgan fingerprint density at radius 3 is 2.83 bits per heavy atom. The van der Waals surface area contributed by atoms with E-state index in [1.165, 1.54) is 0 Å². The number of hydrogen-bond donors (Lipinski definition) is 1. The first kappa shape index (κ1) is 9.03. The molecule has 4 nitrogen and oxygen atoms in total. The zero-order valence-electron chi connectivity index (χ0n) is 7.29. The van der Waals surface area contributed by atoms with E-state index in [0.717, 1.165) is 0 Å². The van der Waals surface area contributed by atoms with Gasteiger partial charge in [0.2, 0.25) is 5.91 Å². The number of nitrogens with one attached hydrogen (secondary N) is 1. The Labute approximate surface area is 71.3 Å². The molecule has 1 amide bonds. The number of hydrogen-bond acceptors (Lipinski definition) is 3. The third-order valence-corrected chi connectivity index (χ3v) is 1.93. The Balaban J connectivity index is 2.52. The molecule has 1 aliphatic rings. The molecule has 1 heterocycles. The van der Waals surface area contributed by atoms with Crippen molar-refractivity contribution >= 4 is 11.9 Å². The van der Waals surface area contributed by atoms with Crippen LogP contribution in [0.25, 0.3) is 0 Å². The van der Waals surface area contributed by atoms with E-state index in [1.54, 1.807) is 6.92 Å². The lowest BCUT2D eigenvalue weighted by Gasteiger charge is -2.12. The van der Waals surface area contributed by atoms with Crippen LogP contribution in [0.2, 0.25) is 0 Å². The van der Waals surface area contributed by atoms with Gasteiger partial charge in [0, 0.05) is 6.42 Å². The largest absolute Gasteiger partial charge is 0.464 e. The van der Waals surface area contributed by atoms with Gasteiger partial charge in [-0.15, -0.1) is 0 Å². The fourth-order valence-electron chi connectivity index (χ4n) is 1.31. The maximum Gasteiger partial charge on any atom is 0.328 e. The summed E-state index contributed by atoms with van der Waals surface area (Å²) in [5, 5.41) is 2.57.